The molecular formula is C24H23FN4. The van der Waals surface area contributed by atoms with Gasteiger partial charge in [-0.05, 0) is 67.9 Å². The monoisotopic (exact) mass is 386 g/mol. The first-order chi connectivity index (χ1) is 14.3. The minimum Gasteiger partial charge on any atom is -0.337 e. The van der Waals surface area contributed by atoms with Crippen molar-refractivity contribution in [1.82, 2.24) is 19.4 Å². The van der Waals surface area contributed by atoms with E-state index >= 15 is 0 Å². The van der Waals surface area contributed by atoms with Crippen molar-refractivity contribution in [3.8, 4) is 22.4 Å². The molecule has 0 atom stereocenters. The molecule has 146 valence electrons. The number of pyridine rings is 2. The summed E-state index contributed by atoms with van der Waals surface area (Å²) in [5.41, 5.74) is 6.30. The van der Waals surface area contributed by atoms with Gasteiger partial charge in [0, 0.05) is 42.8 Å². The minimum absolute atomic E-state index is 0.232. The van der Waals surface area contributed by atoms with Crippen LogP contribution in [0.15, 0.2) is 67.1 Å². The lowest BCUT2D eigenvalue weighted by Gasteiger charge is -2.18. The molecular weight excluding hydrogens is 363 g/mol. The van der Waals surface area contributed by atoms with Crippen LogP contribution in [0.1, 0.15) is 12.8 Å². The highest BCUT2D eigenvalue weighted by Gasteiger charge is 2.22. The van der Waals surface area contributed by atoms with Gasteiger partial charge in [-0.25, -0.2) is 4.39 Å². The third-order valence-corrected chi connectivity index (χ3v) is 5.75. The normalized spacial score (nSPS) is 14.7. The van der Waals surface area contributed by atoms with Crippen molar-refractivity contribution in [3.63, 3.8) is 0 Å². The fraction of sp³-hybridized carbons (Fsp3) is 0.250. The van der Waals surface area contributed by atoms with E-state index in [0.29, 0.717) is 0 Å². The smallest absolute Gasteiger partial charge is 0.123 e. The molecule has 1 saturated heterocycles. The third-order valence-electron chi connectivity index (χ3n) is 5.75. The number of hydrogen-bond acceptors (Lipinski definition) is 3. The van der Waals surface area contributed by atoms with Crippen LogP contribution < -0.4 is 0 Å². The summed E-state index contributed by atoms with van der Waals surface area (Å²) in [5, 5.41) is 0. The number of halogens is 1. The second kappa shape index (κ2) is 7.76. The lowest BCUT2D eigenvalue weighted by molar-refractivity contribution is 0.325. The second-order valence-corrected chi connectivity index (χ2v) is 7.54. The second-order valence-electron chi connectivity index (χ2n) is 7.54. The molecule has 4 aromatic rings. The Morgan fingerprint density at radius 2 is 1.59 bits per heavy atom. The summed E-state index contributed by atoms with van der Waals surface area (Å²) in [4.78, 5) is 11.4. The summed E-state index contributed by atoms with van der Waals surface area (Å²) in [6.07, 6.45) is 8.04. The van der Waals surface area contributed by atoms with Crippen molar-refractivity contribution >= 4 is 11.0 Å². The van der Waals surface area contributed by atoms with E-state index in [1.54, 1.807) is 0 Å². The first-order valence-corrected chi connectivity index (χ1v) is 10.2. The minimum atomic E-state index is -0.232. The Balaban J connectivity index is 1.72. The van der Waals surface area contributed by atoms with E-state index in [-0.39, 0.29) is 5.82 Å². The molecule has 0 bridgehead atoms. The quantitative estimate of drug-likeness (QED) is 0.484. The topological polar surface area (TPSA) is 34.0 Å². The Morgan fingerprint density at radius 1 is 0.828 bits per heavy atom. The molecule has 1 fully saturated rings. The van der Waals surface area contributed by atoms with Crippen LogP contribution in [0.2, 0.25) is 0 Å². The van der Waals surface area contributed by atoms with Gasteiger partial charge in [0.25, 0.3) is 0 Å². The summed E-state index contributed by atoms with van der Waals surface area (Å²) in [7, 11) is 0. The molecule has 0 N–H and O–H groups in total. The molecule has 1 aliphatic heterocycles. The lowest BCUT2D eigenvalue weighted by Crippen LogP contribution is -2.24. The SMILES string of the molecule is Fc1ccc(-c2c(-c3ccncc3)n(CCN3CCCC3)c3cccnc23)cc1. The Morgan fingerprint density at radius 3 is 2.34 bits per heavy atom. The zero-order chi connectivity index (χ0) is 19.6. The Labute approximate surface area is 169 Å². The summed E-state index contributed by atoms with van der Waals surface area (Å²) < 4.78 is 16.0. The van der Waals surface area contributed by atoms with Crippen LogP contribution in [0.25, 0.3) is 33.4 Å². The van der Waals surface area contributed by atoms with E-state index in [2.05, 4.69) is 20.5 Å². The predicted octanol–water partition coefficient (Wildman–Crippen LogP) is 5.00. The van der Waals surface area contributed by atoms with Gasteiger partial charge < -0.3 is 9.47 Å². The first kappa shape index (κ1) is 18.0. The van der Waals surface area contributed by atoms with Gasteiger partial charge in [-0.3, -0.25) is 9.97 Å². The molecule has 0 radical (unpaired) electrons. The zero-order valence-electron chi connectivity index (χ0n) is 16.3. The van der Waals surface area contributed by atoms with E-state index in [9.17, 15) is 4.39 Å². The molecule has 1 aliphatic rings. The number of nitrogens with zero attached hydrogens (tertiary/aromatic N) is 4. The summed E-state index contributed by atoms with van der Waals surface area (Å²) in [5.74, 6) is -0.232. The van der Waals surface area contributed by atoms with Gasteiger partial charge in [-0.1, -0.05) is 12.1 Å². The van der Waals surface area contributed by atoms with Gasteiger partial charge in [0.1, 0.15) is 5.82 Å². The highest BCUT2D eigenvalue weighted by molar-refractivity contribution is 6.02. The first-order valence-electron chi connectivity index (χ1n) is 10.2. The molecule has 4 heterocycles. The maximum absolute atomic E-state index is 13.6. The Hall–Kier alpha value is -3.05. The van der Waals surface area contributed by atoms with Crippen LogP contribution in [0, 0.1) is 5.82 Å². The van der Waals surface area contributed by atoms with E-state index < -0.39 is 0 Å². The number of likely N-dealkylation sites (tertiary alicyclic amines) is 1. The van der Waals surface area contributed by atoms with E-state index in [1.165, 1.54) is 38.1 Å². The highest BCUT2D eigenvalue weighted by Crippen LogP contribution is 2.39. The van der Waals surface area contributed by atoms with Crippen LogP contribution in [0.5, 0.6) is 0 Å². The average Bonchev–Trinajstić information content (AvgIpc) is 3.39. The van der Waals surface area contributed by atoms with E-state index in [0.717, 1.165) is 46.5 Å². The van der Waals surface area contributed by atoms with Crippen LogP contribution in [0.4, 0.5) is 4.39 Å². The van der Waals surface area contributed by atoms with E-state index in [1.807, 2.05) is 48.9 Å². The molecule has 0 aliphatic carbocycles. The predicted molar refractivity (Wildman–Crippen MR) is 114 cm³/mol. The van der Waals surface area contributed by atoms with Crippen LogP contribution >= 0.6 is 0 Å². The van der Waals surface area contributed by atoms with E-state index in [4.69, 9.17) is 4.98 Å². The van der Waals surface area contributed by atoms with Gasteiger partial charge in [0.2, 0.25) is 0 Å². The molecule has 4 nitrogen and oxygen atoms in total. The highest BCUT2D eigenvalue weighted by atomic mass is 19.1. The van der Waals surface area contributed by atoms with Gasteiger partial charge in [-0.15, -0.1) is 0 Å². The number of benzene rings is 1. The van der Waals surface area contributed by atoms with Crippen LogP contribution in [-0.4, -0.2) is 39.1 Å². The maximum Gasteiger partial charge on any atom is 0.123 e. The van der Waals surface area contributed by atoms with Crippen molar-refractivity contribution in [2.45, 2.75) is 19.4 Å². The average molecular weight is 386 g/mol. The van der Waals surface area contributed by atoms with Gasteiger partial charge in [0.15, 0.2) is 0 Å². The summed E-state index contributed by atoms with van der Waals surface area (Å²) >= 11 is 0. The van der Waals surface area contributed by atoms with Crippen LogP contribution in [0.3, 0.4) is 0 Å². The maximum atomic E-state index is 13.6. The Bertz CT molecular complexity index is 1110. The Kier molecular flexibility index (Phi) is 4.82. The third kappa shape index (κ3) is 3.42. The van der Waals surface area contributed by atoms with Crippen molar-refractivity contribution < 1.29 is 4.39 Å². The number of fused-ring (bicyclic) bond motifs is 1. The lowest BCUT2D eigenvalue weighted by atomic mass is 10.0. The molecule has 5 rings (SSSR count). The van der Waals surface area contributed by atoms with Gasteiger partial charge >= 0.3 is 0 Å². The standard InChI is InChI=1S/C24H23FN4/c25-20-7-5-18(6-8-20)22-23-21(4-3-11-27-23)29(17-16-28-14-1-2-15-28)24(22)19-9-12-26-13-10-19/h3-13H,1-2,14-17H2. The fourth-order valence-corrected chi connectivity index (χ4v) is 4.35. The molecule has 0 saturated carbocycles. The van der Waals surface area contributed by atoms with Crippen LogP contribution in [-0.2, 0) is 6.54 Å². The summed E-state index contributed by atoms with van der Waals surface area (Å²) in [6.45, 7) is 4.25. The van der Waals surface area contributed by atoms with Crippen molar-refractivity contribution in [1.29, 1.82) is 0 Å². The van der Waals surface area contributed by atoms with Crippen molar-refractivity contribution in [3.05, 3.63) is 72.9 Å². The van der Waals surface area contributed by atoms with Gasteiger partial charge in [0.05, 0.1) is 16.7 Å². The number of rotatable bonds is 5. The molecule has 0 spiro atoms. The zero-order valence-corrected chi connectivity index (χ0v) is 16.3. The molecule has 29 heavy (non-hydrogen) atoms. The fourth-order valence-electron chi connectivity index (χ4n) is 4.35. The number of hydrogen-bond donors (Lipinski definition) is 0. The largest absolute Gasteiger partial charge is 0.337 e. The van der Waals surface area contributed by atoms with Gasteiger partial charge in [-0.2, -0.15) is 0 Å². The molecule has 0 amide bonds. The molecule has 3 aromatic heterocycles. The number of aromatic nitrogens is 3. The molecule has 1 aromatic carbocycles. The van der Waals surface area contributed by atoms with Crippen molar-refractivity contribution in [2.75, 3.05) is 19.6 Å². The summed E-state index contributed by atoms with van der Waals surface area (Å²) in [6, 6.07) is 14.9. The van der Waals surface area contributed by atoms with Crippen molar-refractivity contribution in [2.24, 2.45) is 0 Å². The molecule has 5 heteroatoms. The molecule has 0 unspecified atom stereocenters.